The standard InChI is InChI=1S/C22H26N2O5S/c1-15-9-11-16(12-10-15)30(26,27)24-18-8-6-5-7-17(18)19-20(24)28-14-13-23(19)21(25)29-22(2,3)4/h5-12,19-20H,13-14H2,1-4H3/t19-,20-/m1/s1. The fourth-order valence-corrected chi connectivity index (χ4v) is 5.45. The summed E-state index contributed by atoms with van der Waals surface area (Å²) in [4.78, 5) is 14.7. The van der Waals surface area contributed by atoms with Crippen molar-refractivity contribution in [3.05, 3.63) is 59.7 Å². The number of fused-ring (bicyclic) bond motifs is 3. The summed E-state index contributed by atoms with van der Waals surface area (Å²) in [5, 5.41) is 0. The van der Waals surface area contributed by atoms with E-state index in [0.29, 0.717) is 12.2 Å². The Labute approximate surface area is 177 Å². The Balaban J connectivity index is 1.78. The lowest BCUT2D eigenvalue weighted by Gasteiger charge is -2.40. The molecule has 4 rings (SSSR count). The van der Waals surface area contributed by atoms with Gasteiger partial charge in [-0.15, -0.1) is 0 Å². The van der Waals surface area contributed by atoms with Crippen molar-refractivity contribution in [2.45, 2.75) is 50.5 Å². The van der Waals surface area contributed by atoms with Gasteiger partial charge in [0.2, 0.25) is 0 Å². The van der Waals surface area contributed by atoms with Crippen molar-refractivity contribution in [2.24, 2.45) is 0 Å². The zero-order valence-electron chi connectivity index (χ0n) is 17.5. The molecule has 0 saturated carbocycles. The van der Waals surface area contributed by atoms with Gasteiger partial charge in [-0.05, 0) is 45.9 Å². The second kappa shape index (κ2) is 7.28. The van der Waals surface area contributed by atoms with E-state index in [9.17, 15) is 13.2 Å². The molecule has 0 unspecified atom stereocenters. The first-order valence-corrected chi connectivity index (χ1v) is 11.3. The molecule has 0 bridgehead atoms. The first kappa shape index (κ1) is 20.7. The lowest BCUT2D eigenvalue weighted by atomic mass is 10.1. The summed E-state index contributed by atoms with van der Waals surface area (Å²) >= 11 is 0. The van der Waals surface area contributed by atoms with Crippen LogP contribution >= 0.6 is 0 Å². The average molecular weight is 431 g/mol. The first-order chi connectivity index (χ1) is 14.1. The Bertz CT molecular complexity index is 1060. The molecule has 2 heterocycles. The third kappa shape index (κ3) is 3.54. The van der Waals surface area contributed by atoms with Gasteiger partial charge < -0.3 is 9.47 Å². The lowest BCUT2D eigenvalue weighted by Crippen LogP contribution is -2.53. The number of aryl methyl sites for hydroxylation is 1. The van der Waals surface area contributed by atoms with E-state index in [1.807, 2.05) is 19.1 Å². The SMILES string of the molecule is Cc1ccc(S(=O)(=O)N2c3ccccc3[C@@H]3[C@H]2OCCN3C(=O)OC(C)(C)C)cc1. The minimum atomic E-state index is -3.89. The number of nitrogens with zero attached hydrogens (tertiary/aromatic N) is 2. The molecule has 2 atom stereocenters. The van der Waals surface area contributed by atoms with Gasteiger partial charge in [-0.2, -0.15) is 0 Å². The Morgan fingerprint density at radius 1 is 1.10 bits per heavy atom. The molecule has 1 saturated heterocycles. The number of hydrogen-bond acceptors (Lipinski definition) is 5. The van der Waals surface area contributed by atoms with E-state index in [-0.39, 0.29) is 11.5 Å². The molecule has 2 aromatic rings. The topological polar surface area (TPSA) is 76.2 Å². The molecule has 1 fully saturated rings. The summed E-state index contributed by atoms with van der Waals surface area (Å²) in [5.74, 6) is 0. The second-order valence-corrected chi connectivity index (χ2v) is 10.4. The third-order valence-electron chi connectivity index (χ3n) is 5.16. The van der Waals surface area contributed by atoms with Gasteiger partial charge in [-0.25, -0.2) is 17.5 Å². The van der Waals surface area contributed by atoms with Crippen LogP contribution < -0.4 is 4.31 Å². The van der Waals surface area contributed by atoms with Crippen molar-refractivity contribution in [1.82, 2.24) is 4.90 Å². The fourth-order valence-electron chi connectivity index (χ4n) is 3.86. The number of benzene rings is 2. The number of carbonyl (C=O) groups is 1. The average Bonchev–Trinajstić information content (AvgIpc) is 3.02. The number of amides is 1. The second-order valence-electron chi connectivity index (χ2n) is 8.55. The number of hydrogen-bond donors (Lipinski definition) is 0. The van der Waals surface area contributed by atoms with E-state index in [1.54, 1.807) is 62.1 Å². The number of carbonyl (C=O) groups excluding carboxylic acids is 1. The first-order valence-electron chi connectivity index (χ1n) is 9.91. The predicted molar refractivity (Wildman–Crippen MR) is 113 cm³/mol. The molecule has 0 aliphatic carbocycles. The number of sulfonamides is 1. The zero-order valence-corrected chi connectivity index (χ0v) is 18.3. The van der Waals surface area contributed by atoms with Gasteiger partial charge >= 0.3 is 6.09 Å². The summed E-state index contributed by atoms with van der Waals surface area (Å²) in [7, 11) is -3.89. The van der Waals surface area contributed by atoms with Crippen molar-refractivity contribution in [3.63, 3.8) is 0 Å². The van der Waals surface area contributed by atoms with Crippen LogP contribution in [0.15, 0.2) is 53.4 Å². The van der Waals surface area contributed by atoms with Gasteiger partial charge in [0.15, 0.2) is 6.23 Å². The lowest BCUT2D eigenvalue weighted by molar-refractivity contribution is -0.0665. The van der Waals surface area contributed by atoms with Crippen molar-refractivity contribution in [1.29, 1.82) is 0 Å². The van der Waals surface area contributed by atoms with Gasteiger partial charge in [0, 0.05) is 12.1 Å². The molecule has 160 valence electrons. The maximum Gasteiger partial charge on any atom is 0.411 e. The summed E-state index contributed by atoms with van der Waals surface area (Å²) in [6.07, 6.45) is -1.33. The Morgan fingerprint density at radius 3 is 2.43 bits per heavy atom. The Hall–Kier alpha value is -2.58. The van der Waals surface area contributed by atoms with Crippen molar-refractivity contribution in [3.8, 4) is 0 Å². The van der Waals surface area contributed by atoms with Gasteiger partial charge in [-0.1, -0.05) is 35.9 Å². The normalized spacial score (nSPS) is 21.2. The molecule has 0 spiro atoms. The van der Waals surface area contributed by atoms with E-state index >= 15 is 0 Å². The van der Waals surface area contributed by atoms with E-state index in [4.69, 9.17) is 9.47 Å². The van der Waals surface area contributed by atoms with Crippen molar-refractivity contribution in [2.75, 3.05) is 17.5 Å². The maximum atomic E-state index is 13.6. The molecule has 0 N–H and O–H groups in total. The number of ether oxygens (including phenoxy) is 2. The summed E-state index contributed by atoms with van der Waals surface area (Å²) in [6, 6.07) is 13.3. The van der Waals surface area contributed by atoms with Crippen LogP contribution in [0.2, 0.25) is 0 Å². The molecule has 2 aliphatic rings. The van der Waals surface area contributed by atoms with Gasteiger partial charge in [0.1, 0.15) is 11.6 Å². The molecule has 30 heavy (non-hydrogen) atoms. The highest BCUT2D eigenvalue weighted by Gasteiger charge is 2.51. The van der Waals surface area contributed by atoms with Crippen LogP contribution in [0.1, 0.15) is 37.9 Å². The minimum Gasteiger partial charge on any atom is -0.444 e. The van der Waals surface area contributed by atoms with Crippen molar-refractivity contribution < 1.29 is 22.7 Å². The molecule has 7 nitrogen and oxygen atoms in total. The van der Waals surface area contributed by atoms with Crippen LogP contribution in [0.25, 0.3) is 0 Å². The monoisotopic (exact) mass is 430 g/mol. The van der Waals surface area contributed by atoms with Gasteiger partial charge in [0.25, 0.3) is 10.0 Å². The summed E-state index contributed by atoms with van der Waals surface area (Å²) < 4.78 is 40.0. The van der Waals surface area contributed by atoms with Crippen molar-refractivity contribution >= 4 is 21.8 Å². The fraction of sp³-hybridized carbons (Fsp3) is 0.409. The van der Waals surface area contributed by atoms with Gasteiger partial charge in [-0.3, -0.25) is 4.90 Å². The van der Waals surface area contributed by atoms with Gasteiger partial charge in [0.05, 0.1) is 17.2 Å². The summed E-state index contributed by atoms with van der Waals surface area (Å²) in [5.41, 5.74) is 1.56. The highest BCUT2D eigenvalue weighted by molar-refractivity contribution is 7.92. The van der Waals surface area contributed by atoms with Crippen LogP contribution in [-0.2, 0) is 19.5 Å². The number of rotatable bonds is 2. The smallest absolute Gasteiger partial charge is 0.411 e. The van der Waals surface area contributed by atoms with E-state index < -0.39 is 34.0 Å². The van der Waals surface area contributed by atoms with Crippen LogP contribution in [-0.4, -0.2) is 44.4 Å². The molecule has 8 heteroatoms. The highest BCUT2D eigenvalue weighted by atomic mass is 32.2. The molecule has 1 amide bonds. The minimum absolute atomic E-state index is 0.182. The molecule has 0 radical (unpaired) electrons. The number of anilines is 1. The maximum absolute atomic E-state index is 13.6. The number of morpholine rings is 1. The van der Waals surface area contributed by atoms with Crippen LogP contribution in [0.3, 0.4) is 0 Å². The molecule has 0 aromatic heterocycles. The van der Waals surface area contributed by atoms with E-state index in [1.165, 1.54) is 4.31 Å². The molecular formula is C22H26N2O5S. The Morgan fingerprint density at radius 2 is 1.77 bits per heavy atom. The van der Waals surface area contributed by atoms with Crippen LogP contribution in [0, 0.1) is 6.92 Å². The largest absolute Gasteiger partial charge is 0.444 e. The molecular weight excluding hydrogens is 404 g/mol. The third-order valence-corrected chi connectivity index (χ3v) is 6.95. The molecule has 2 aromatic carbocycles. The highest BCUT2D eigenvalue weighted by Crippen LogP contribution is 2.47. The van der Waals surface area contributed by atoms with E-state index in [0.717, 1.165) is 11.1 Å². The predicted octanol–water partition coefficient (Wildman–Crippen LogP) is 3.84. The quantitative estimate of drug-likeness (QED) is 0.724. The zero-order chi connectivity index (χ0) is 21.7. The van der Waals surface area contributed by atoms with E-state index in [2.05, 4.69) is 0 Å². The number of para-hydroxylation sites is 1. The molecule has 2 aliphatic heterocycles. The van der Waals surface area contributed by atoms with Crippen LogP contribution in [0.4, 0.5) is 10.5 Å². The van der Waals surface area contributed by atoms with Crippen LogP contribution in [0.5, 0.6) is 0 Å². The Kier molecular flexibility index (Phi) is 5.02. The summed E-state index contributed by atoms with van der Waals surface area (Å²) in [6.45, 7) is 7.86.